The standard InChI is InChI=1S/CH7N5.HN5/c2-1(5-3)6-4;1-2-4-5-3-1/h3-4H2,(H3,2,5,6);(H,1,2,3,4,5). The molecule has 0 aliphatic heterocycles. The maximum atomic E-state index is 6.51. The van der Waals surface area contributed by atoms with Gasteiger partial charge in [0.25, 0.3) is 0 Å². The van der Waals surface area contributed by atoms with Crippen LogP contribution in [-0.4, -0.2) is 32.0 Å². The Morgan fingerprint density at radius 3 is 1.73 bits per heavy atom. The number of rotatable bonds is 0. The van der Waals surface area contributed by atoms with Gasteiger partial charge in [-0.05, 0) is 20.9 Å². The maximum Gasteiger partial charge on any atom is 0.217 e. The minimum Gasteiger partial charge on any atom is -0.294 e. The Hall–Kier alpha value is -1.81. The molecule has 10 nitrogen and oxygen atoms in total. The zero-order chi connectivity index (χ0) is 8.53. The van der Waals surface area contributed by atoms with Crippen LogP contribution in [0.5, 0.6) is 0 Å². The van der Waals surface area contributed by atoms with Crippen LogP contribution in [0.4, 0.5) is 0 Å². The van der Waals surface area contributed by atoms with Crippen LogP contribution in [0.3, 0.4) is 0 Å². The average Bonchev–Trinajstić information content (AvgIpc) is 2.60. The topological polar surface area (TPSA) is 167 Å². The first-order chi connectivity index (χ1) is 5.31. The van der Waals surface area contributed by atoms with Gasteiger partial charge in [-0.2, -0.15) is 5.21 Å². The van der Waals surface area contributed by atoms with Crippen LogP contribution in [0, 0.1) is 5.41 Å². The van der Waals surface area contributed by atoms with E-state index in [1.165, 1.54) is 0 Å². The van der Waals surface area contributed by atoms with Gasteiger partial charge in [-0.25, -0.2) is 11.7 Å². The molecule has 0 atom stereocenters. The van der Waals surface area contributed by atoms with Gasteiger partial charge in [0.2, 0.25) is 5.96 Å². The first kappa shape index (κ1) is 9.19. The minimum absolute atomic E-state index is 0.102. The second-order valence-corrected chi connectivity index (χ2v) is 1.14. The zero-order valence-corrected chi connectivity index (χ0v) is 5.44. The molecule has 0 saturated heterocycles. The van der Waals surface area contributed by atoms with E-state index in [1.807, 2.05) is 10.9 Å². The quantitative estimate of drug-likeness (QED) is 0.0980. The molecule has 10 heteroatoms. The average molecular weight is 160 g/mol. The van der Waals surface area contributed by atoms with E-state index < -0.39 is 0 Å². The molecule has 0 unspecified atom stereocenters. The molecule has 11 heavy (non-hydrogen) atoms. The summed E-state index contributed by atoms with van der Waals surface area (Å²) in [5, 5.41) is 21.0. The van der Waals surface area contributed by atoms with Crippen molar-refractivity contribution in [2.45, 2.75) is 0 Å². The van der Waals surface area contributed by atoms with Crippen molar-refractivity contribution in [1.29, 1.82) is 5.41 Å². The molecule has 1 heterocycles. The van der Waals surface area contributed by atoms with E-state index in [1.54, 1.807) is 0 Å². The number of nitrogens with zero attached hydrogens (tertiary/aromatic N) is 4. The van der Waals surface area contributed by atoms with Crippen LogP contribution in [-0.2, 0) is 0 Å². The first-order valence-corrected chi connectivity index (χ1v) is 2.37. The second kappa shape index (κ2) is 6.31. The van der Waals surface area contributed by atoms with Gasteiger partial charge in [-0.15, -0.1) is 0 Å². The molecule has 0 saturated carbocycles. The van der Waals surface area contributed by atoms with Crippen molar-refractivity contribution >= 4 is 5.96 Å². The molecule has 62 valence electrons. The minimum atomic E-state index is -0.102. The molecule has 1 aromatic rings. The Labute approximate surface area is 61.1 Å². The van der Waals surface area contributed by atoms with Gasteiger partial charge in [0.05, 0.1) is 0 Å². The van der Waals surface area contributed by atoms with E-state index >= 15 is 0 Å². The third-order valence-electron chi connectivity index (χ3n) is 0.508. The van der Waals surface area contributed by atoms with Gasteiger partial charge in [0.1, 0.15) is 0 Å². The number of hydrogen-bond donors (Lipinski definition) is 6. The number of H-pyrrole nitrogens is 1. The monoisotopic (exact) mass is 160 g/mol. The van der Waals surface area contributed by atoms with Gasteiger partial charge in [-0.3, -0.25) is 16.3 Å². The summed E-state index contributed by atoms with van der Waals surface area (Å²) < 4.78 is 0. The molecule has 1 rings (SSSR count). The Balaban J connectivity index is 0.000000183. The molecule has 0 radical (unpaired) electrons. The summed E-state index contributed by atoms with van der Waals surface area (Å²) in [7, 11) is 0. The van der Waals surface area contributed by atoms with Crippen LogP contribution < -0.4 is 22.5 Å². The highest BCUT2D eigenvalue weighted by Crippen LogP contribution is 1.35. The SMILES string of the molecule is N=C(NN)NN.n1nn[nH]n1. The Kier molecular flexibility index (Phi) is 5.27. The third-order valence-corrected chi connectivity index (χ3v) is 0.508. The van der Waals surface area contributed by atoms with E-state index in [9.17, 15) is 0 Å². The second-order valence-electron chi connectivity index (χ2n) is 1.14. The molecule has 0 bridgehead atoms. The van der Waals surface area contributed by atoms with Gasteiger partial charge >= 0.3 is 0 Å². The van der Waals surface area contributed by atoms with Crippen molar-refractivity contribution in [2.75, 3.05) is 0 Å². The van der Waals surface area contributed by atoms with Gasteiger partial charge in [-0.1, -0.05) is 0 Å². The van der Waals surface area contributed by atoms with Crippen molar-refractivity contribution in [3.63, 3.8) is 0 Å². The zero-order valence-electron chi connectivity index (χ0n) is 5.44. The summed E-state index contributed by atoms with van der Waals surface area (Å²) in [6.45, 7) is 0. The largest absolute Gasteiger partial charge is 0.294 e. The lowest BCUT2D eigenvalue weighted by Gasteiger charge is -1.95. The van der Waals surface area contributed by atoms with E-state index in [4.69, 9.17) is 5.41 Å². The molecule has 8 N–H and O–H groups in total. The lowest BCUT2D eigenvalue weighted by atomic mass is 11.1. The van der Waals surface area contributed by atoms with Crippen molar-refractivity contribution < 1.29 is 0 Å². The predicted octanol–water partition coefficient (Wildman–Crippen LogP) is -3.56. The van der Waals surface area contributed by atoms with Crippen LogP contribution in [0.15, 0.2) is 0 Å². The summed E-state index contributed by atoms with van der Waals surface area (Å²) >= 11 is 0. The molecule has 0 aliphatic carbocycles. The van der Waals surface area contributed by atoms with Crippen LogP contribution >= 0.6 is 0 Å². The fraction of sp³-hybridized carbons (Fsp3) is 0. The van der Waals surface area contributed by atoms with Crippen molar-refractivity contribution in [3.8, 4) is 0 Å². The van der Waals surface area contributed by atoms with Crippen LogP contribution in [0.1, 0.15) is 0 Å². The smallest absolute Gasteiger partial charge is 0.217 e. The molecule has 0 fully saturated rings. The Morgan fingerprint density at radius 2 is 1.64 bits per heavy atom. The van der Waals surface area contributed by atoms with Gasteiger partial charge in [0.15, 0.2) is 0 Å². The van der Waals surface area contributed by atoms with E-state index in [0.717, 1.165) is 0 Å². The summed E-state index contributed by atoms with van der Waals surface area (Å²) in [6, 6.07) is 0. The van der Waals surface area contributed by atoms with Gasteiger partial charge in [0, 0.05) is 0 Å². The van der Waals surface area contributed by atoms with Crippen LogP contribution in [0.2, 0.25) is 0 Å². The number of aromatic nitrogens is 5. The number of hydrazine groups is 2. The summed E-state index contributed by atoms with van der Waals surface area (Å²) in [5.41, 5.74) is 3.92. The molecule has 0 amide bonds. The molecule has 1 aromatic heterocycles. The normalized spacial score (nSPS) is 7.45. The fourth-order valence-corrected chi connectivity index (χ4v) is 0.142. The molecular weight excluding hydrogens is 152 g/mol. The highest BCUT2D eigenvalue weighted by atomic mass is 15.6. The predicted molar refractivity (Wildman–Crippen MR) is 34.3 cm³/mol. The summed E-state index contributed by atoms with van der Waals surface area (Å²) in [6.07, 6.45) is 0. The van der Waals surface area contributed by atoms with Crippen molar-refractivity contribution in [1.82, 2.24) is 36.9 Å². The molecule has 0 aromatic carbocycles. The Bertz CT molecular complexity index is 140. The number of nitrogens with two attached hydrogens (primary N) is 2. The molecule has 0 spiro atoms. The Morgan fingerprint density at radius 1 is 1.18 bits per heavy atom. The number of hydrogen-bond acceptors (Lipinski definition) is 7. The van der Waals surface area contributed by atoms with Crippen molar-refractivity contribution in [3.05, 3.63) is 0 Å². The van der Waals surface area contributed by atoms with E-state index in [0.29, 0.717) is 0 Å². The number of guanidine groups is 1. The van der Waals surface area contributed by atoms with Gasteiger partial charge < -0.3 is 0 Å². The van der Waals surface area contributed by atoms with Crippen molar-refractivity contribution in [2.24, 2.45) is 11.7 Å². The molecular formula is CH8N10. The lowest BCUT2D eigenvalue weighted by molar-refractivity contribution is 0.881. The highest BCUT2D eigenvalue weighted by Gasteiger charge is 1.76. The number of aromatic amines is 1. The lowest BCUT2D eigenvalue weighted by Crippen LogP contribution is -2.44. The van der Waals surface area contributed by atoms with Crippen LogP contribution in [0.25, 0.3) is 0 Å². The number of nitrogens with one attached hydrogen (secondary N) is 4. The maximum absolute atomic E-state index is 6.51. The third kappa shape index (κ3) is 6.07. The molecule has 0 aliphatic rings. The highest BCUT2D eigenvalue weighted by molar-refractivity contribution is 5.74. The summed E-state index contributed by atoms with van der Waals surface area (Å²) in [5.74, 6) is 9.23. The summed E-state index contributed by atoms with van der Waals surface area (Å²) in [4.78, 5) is 0. The van der Waals surface area contributed by atoms with E-state index in [2.05, 4.69) is 37.8 Å². The first-order valence-electron chi connectivity index (χ1n) is 2.37. The van der Waals surface area contributed by atoms with E-state index in [-0.39, 0.29) is 5.96 Å². The fourth-order valence-electron chi connectivity index (χ4n) is 0.142.